The van der Waals surface area contributed by atoms with E-state index in [-0.39, 0.29) is 11.7 Å². The Bertz CT molecular complexity index is 565. The highest BCUT2D eigenvalue weighted by atomic mass is 19.3. The van der Waals surface area contributed by atoms with Gasteiger partial charge in [-0.3, -0.25) is 0 Å². The van der Waals surface area contributed by atoms with Gasteiger partial charge in [0.1, 0.15) is 5.60 Å². The van der Waals surface area contributed by atoms with Crippen molar-refractivity contribution in [2.45, 2.75) is 32.8 Å². The van der Waals surface area contributed by atoms with E-state index < -0.39 is 12.0 Å². The van der Waals surface area contributed by atoms with Crippen LogP contribution in [0.5, 0.6) is 0 Å². The van der Waals surface area contributed by atoms with Gasteiger partial charge in [0.2, 0.25) is 0 Å². The second-order valence-electron chi connectivity index (χ2n) is 6.57. The first-order valence-corrected chi connectivity index (χ1v) is 7.58. The molecular formula is C16H23F2N3O2. The highest BCUT2D eigenvalue weighted by molar-refractivity contribution is 5.69. The molecule has 2 rings (SSSR count). The summed E-state index contributed by atoms with van der Waals surface area (Å²) < 4.78 is 31.7. The number of ether oxygens (including phenoxy) is 1. The van der Waals surface area contributed by atoms with Crippen LogP contribution in [-0.2, 0) is 4.74 Å². The third-order valence-corrected chi connectivity index (χ3v) is 3.56. The molecule has 1 heterocycles. The van der Waals surface area contributed by atoms with Crippen molar-refractivity contribution in [3.05, 3.63) is 23.8 Å². The highest BCUT2D eigenvalue weighted by Gasteiger charge is 2.27. The number of hydrogen-bond acceptors (Lipinski definition) is 4. The van der Waals surface area contributed by atoms with Crippen molar-refractivity contribution in [1.82, 2.24) is 4.90 Å². The van der Waals surface area contributed by atoms with E-state index >= 15 is 0 Å². The third kappa shape index (κ3) is 4.46. The van der Waals surface area contributed by atoms with Crippen molar-refractivity contribution in [1.29, 1.82) is 0 Å². The number of piperazine rings is 1. The van der Waals surface area contributed by atoms with E-state index in [4.69, 9.17) is 10.5 Å². The number of anilines is 2. The van der Waals surface area contributed by atoms with Crippen LogP contribution >= 0.6 is 0 Å². The third-order valence-electron chi connectivity index (χ3n) is 3.56. The summed E-state index contributed by atoms with van der Waals surface area (Å²) >= 11 is 0. The lowest BCUT2D eigenvalue weighted by Gasteiger charge is -2.37. The number of nitrogen functional groups attached to an aromatic ring is 1. The minimum atomic E-state index is -2.59. The van der Waals surface area contributed by atoms with Gasteiger partial charge in [0, 0.05) is 43.1 Å². The average molecular weight is 327 g/mol. The summed E-state index contributed by atoms with van der Waals surface area (Å²) in [5.74, 6) is 0. The van der Waals surface area contributed by atoms with Gasteiger partial charge in [0.05, 0.1) is 0 Å². The highest BCUT2D eigenvalue weighted by Crippen LogP contribution is 2.32. The molecule has 7 heteroatoms. The predicted octanol–water partition coefficient (Wildman–Crippen LogP) is 3.26. The van der Waals surface area contributed by atoms with Crippen molar-refractivity contribution in [2.24, 2.45) is 0 Å². The Labute approximate surface area is 135 Å². The van der Waals surface area contributed by atoms with Gasteiger partial charge in [-0.15, -0.1) is 0 Å². The summed E-state index contributed by atoms with van der Waals surface area (Å²) in [6, 6.07) is 4.53. The molecule has 1 aromatic rings. The molecule has 1 aliphatic heterocycles. The van der Waals surface area contributed by atoms with Gasteiger partial charge in [-0.1, -0.05) is 0 Å². The van der Waals surface area contributed by atoms with Gasteiger partial charge in [-0.25, -0.2) is 13.6 Å². The van der Waals surface area contributed by atoms with E-state index in [2.05, 4.69) is 0 Å². The second-order valence-corrected chi connectivity index (χ2v) is 6.57. The number of rotatable bonds is 2. The molecule has 23 heavy (non-hydrogen) atoms. The Balaban J connectivity index is 2.04. The Morgan fingerprint density at radius 1 is 1.22 bits per heavy atom. The van der Waals surface area contributed by atoms with Crippen LogP contribution in [-0.4, -0.2) is 42.8 Å². The maximum Gasteiger partial charge on any atom is 0.410 e. The molecule has 0 radical (unpaired) electrons. The van der Waals surface area contributed by atoms with Gasteiger partial charge in [-0.2, -0.15) is 0 Å². The van der Waals surface area contributed by atoms with Gasteiger partial charge < -0.3 is 20.3 Å². The van der Waals surface area contributed by atoms with E-state index in [1.54, 1.807) is 17.0 Å². The maximum absolute atomic E-state index is 13.2. The fraction of sp³-hybridized carbons (Fsp3) is 0.562. The Morgan fingerprint density at radius 3 is 2.35 bits per heavy atom. The van der Waals surface area contributed by atoms with Gasteiger partial charge in [-0.05, 0) is 39.0 Å². The lowest BCUT2D eigenvalue weighted by molar-refractivity contribution is 0.0240. The number of amides is 1. The van der Waals surface area contributed by atoms with Crippen molar-refractivity contribution in [3.63, 3.8) is 0 Å². The van der Waals surface area contributed by atoms with Crippen LogP contribution in [0.25, 0.3) is 0 Å². The molecule has 0 atom stereocenters. The minimum Gasteiger partial charge on any atom is -0.444 e. The van der Waals surface area contributed by atoms with E-state index in [1.165, 1.54) is 6.07 Å². The summed E-state index contributed by atoms with van der Waals surface area (Å²) in [5, 5.41) is 0. The van der Waals surface area contributed by atoms with Crippen LogP contribution in [0.2, 0.25) is 0 Å². The summed E-state index contributed by atoms with van der Waals surface area (Å²) in [6.45, 7) is 7.25. The number of benzene rings is 1. The fourth-order valence-electron chi connectivity index (χ4n) is 2.49. The minimum absolute atomic E-state index is 0.0734. The molecule has 1 aliphatic rings. The zero-order chi connectivity index (χ0) is 17.2. The number of alkyl halides is 2. The standard InChI is InChI=1S/C16H23F2N3O2/c1-16(2,3)23-15(22)21-8-6-20(7-9-21)13-5-4-11(19)10-12(13)14(17)18/h4-5,10,14H,6-9,19H2,1-3H3. The first-order valence-electron chi connectivity index (χ1n) is 7.58. The molecule has 0 bridgehead atoms. The molecule has 1 aromatic carbocycles. The topological polar surface area (TPSA) is 58.8 Å². The SMILES string of the molecule is CC(C)(C)OC(=O)N1CCN(c2ccc(N)cc2C(F)F)CC1. The van der Waals surface area contributed by atoms with Gasteiger partial charge in [0.15, 0.2) is 0 Å². The smallest absolute Gasteiger partial charge is 0.410 e. The number of nitrogens with zero attached hydrogens (tertiary/aromatic N) is 2. The van der Waals surface area contributed by atoms with Gasteiger partial charge in [0.25, 0.3) is 6.43 Å². The van der Waals surface area contributed by atoms with Crippen LogP contribution in [0.3, 0.4) is 0 Å². The molecule has 1 amide bonds. The zero-order valence-electron chi connectivity index (χ0n) is 13.7. The van der Waals surface area contributed by atoms with E-state index in [1.807, 2.05) is 25.7 Å². The van der Waals surface area contributed by atoms with Crippen LogP contribution in [0, 0.1) is 0 Å². The van der Waals surface area contributed by atoms with Crippen LogP contribution < -0.4 is 10.6 Å². The predicted molar refractivity (Wildman–Crippen MR) is 85.8 cm³/mol. The molecule has 2 N–H and O–H groups in total. The molecule has 1 fully saturated rings. The molecule has 128 valence electrons. The quantitative estimate of drug-likeness (QED) is 0.847. The molecule has 0 aliphatic carbocycles. The zero-order valence-corrected chi connectivity index (χ0v) is 13.7. The molecule has 0 spiro atoms. The second kappa shape index (κ2) is 6.60. The summed E-state index contributed by atoms with van der Waals surface area (Å²) in [4.78, 5) is 15.5. The first kappa shape index (κ1) is 17.3. The molecular weight excluding hydrogens is 304 g/mol. The fourth-order valence-corrected chi connectivity index (χ4v) is 2.49. The number of nitrogens with two attached hydrogens (primary N) is 1. The van der Waals surface area contributed by atoms with Crippen molar-refractivity contribution in [3.8, 4) is 0 Å². The summed E-state index contributed by atoms with van der Waals surface area (Å²) in [7, 11) is 0. The first-order chi connectivity index (χ1) is 10.7. The van der Waals surface area contributed by atoms with Crippen molar-refractivity contribution < 1.29 is 18.3 Å². The summed E-state index contributed by atoms with van der Waals surface area (Å²) in [5.41, 5.74) is 5.76. The molecule has 5 nitrogen and oxygen atoms in total. The number of carbonyl (C=O) groups is 1. The Kier molecular flexibility index (Phi) is 4.97. The largest absolute Gasteiger partial charge is 0.444 e. The molecule has 1 saturated heterocycles. The van der Waals surface area contributed by atoms with E-state index in [0.717, 1.165) is 0 Å². The van der Waals surface area contributed by atoms with E-state index in [0.29, 0.717) is 37.6 Å². The number of halogens is 2. The Hall–Kier alpha value is -2.05. The monoisotopic (exact) mass is 327 g/mol. The summed E-state index contributed by atoms with van der Waals surface area (Å²) in [6.07, 6.45) is -2.96. The van der Waals surface area contributed by atoms with Crippen LogP contribution in [0.4, 0.5) is 25.0 Å². The lowest BCUT2D eigenvalue weighted by Crippen LogP contribution is -2.50. The number of hydrogen-bond donors (Lipinski definition) is 1. The van der Waals surface area contributed by atoms with Crippen molar-refractivity contribution >= 4 is 17.5 Å². The van der Waals surface area contributed by atoms with Crippen LogP contribution in [0.1, 0.15) is 32.8 Å². The molecule has 0 unspecified atom stereocenters. The molecule has 0 saturated carbocycles. The number of carbonyl (C=O) groups excluding carboxylic acids is 1. The lowest BCUT2D eigenvalue weighted by atomic mass is 10.1. The average Bonchev–Trinajstić information content (AvgIpc) is 2.45. The molecule has 0 aromatic heterocycles. The van der Waals surface area contributed by atoms with Crippen LogP contribution in [0.15, 0.2) is 18.2 Å². The van der Waals surface area contributed by atoms with Crippen molar-refractivity contribution in [2.75, 3.05) is 36.8 Å². The Morgan fingerprint density at radius 2 is 1.83 bits per heavy atom. The van der Waals surface area contributed by atoms with Gasteiger partial charge >= 0.3 is 6.09 Å². The maximum atomic E-state index is 13.2. The normalized spacial score (nSPS) is 15.9. The van der Waals surface area contributed by atoms with E-state index in [9.17, 15) is 13.6 Å².